The van der Waals surface area contributed by atoms with Gasteiger partial charge in [0.25, 0.3) is 0 Å². The average molecular weight is 264 g/mol. The van der Waals surface area contributed by atoms with Gasteiger partial charge in [-0.2, -0.15) is 0 Å². The van der Waals surface area contributed by atoms with Gasteiger partial charge in [-0.1, -0.05) is 20.8 Å². The minimum atomic E-state index is 0.107. The summed E-state index contributed by atoms with van der Waals surface area (Å²) in [4.78, 5) is 19.7. The molecule has 0 aromatic carbocycles. The Labute approximate surface area is 115 Å². The van der Waals surface area contributed by atoms with Gasteiger partial charge in [0.15, 0.2) is 5.78 Å². The number of rotatable bonds is 3. The molecule has 19 heavy (non-hydrogen) atoms. The molecule has 1 heterocycles. The lowest BCUT2D eigenvalue weighted by Gasteiger charge is -2.10. The van der Waals surface area contributed by atoms with Crippen molar-refractivity contribution in [3.63, 3.8) is 0 Å². The molecular formula is C14H24N4O. The molecule has 1 aliphatic rings. The number of anilines is 1. The smallest absolute Gasteiger partial charge is 0.182 e. The Balaban J connectivity index is 0.000000741. The van der Waals surface area contributed by atoms with Gasteiger partial charge in [0.05, 0.1) is 0 Å². The van der Waals surface area contributed by atoms with E-state index in [2.05, 4.69) is 28.4 Å². The van der Waals surface area contributed by atoms with Crippen LogP contribution in [0.3, 0.4) is 0 Å². The highest BCUT2D eigenvalue weighted by Crippen LogP contribution is 2.35. The zero-order valence-corrected chi connectivity index (χ0v) is 12.1. The molecule has 0 radical (unpaired) electrons. The van der Waals surface area contributed by atoms with Gasteiger partial charge in [-0.25, -0.2) is 9.97 Å². The van der Waals surface area contributed by atoms with E-state index < -0.39 is 0 Å². The number of nitrogens with zero attached hydrogens (tertiary/aromatic N) is 2. The van der Waals surface area contributed by atoms with Crippen LogP contribution < -0.4 is 11.1 Å². The fourth-order valence-electron chi connectivity index (χ4n) is 1.89. The molecule has 1 aromatic rings. The van der Waals surface area contributed by atoms with Crippen LogP contribution in [0, 0.1) is 0 Å². The van der Waals surface area contributed by atoms with E-state index in [1.807, 2.05) is 20.8 Å². The maximum Gasteiger partial charge on any atom is 0.182 e. The first-order valence-electron chi connectivity index (χ1n) is 6.56. The SMILES string of the molecule is C=C.CC.C[C@@H]1CC(=O)c2ncnc(NCCN)c21. The van der Waals surface area contributed by atoms with Crippen molar-refractivity contribution in [2.45, 2.75) is 33.1 Å². The van der Waals surface area contributed by atoms with Gasteiger partial charge in [-0.05, 0) is 5.92 Å². The summed E-state index contributed by atoms with van der Waals surface area (Å²) in [7, 11) is 0. The minimum absolute atomic E-state index is 0.107. The highest BCUT2D eigenvalue weighted by molar-refractivity contribution is 6.00. The molecule has 0 spiro atoms. The number of Topliss-reactive ketones (excluding diaryl/α,β-unsaturated/α-hetero) is 1. The third kappa shape index (κ3) is 4.13. The number of nitrogens with two attached hydrogens (primary N) is 1. The number of fused-ring (bicyclic) bond motifs is 1. The summed E-state index contributed by atoms with van der Waals surface area (Å²) in [6.45, 7) is 13.2. The van der Waals surface area contributed by atoms with Crippen molar-refractivity contribution in [3.05, 3.63) is 30.7 Å². The Morgan fingerprint density at radius 1 is 1.42 bits per heavy atom. The number of aromatic nitrogens is 2. The van der Waals surface area contributed by atoms with Crippen LogP contribution in [-0.2, 0) is 0 Å². The van der Waals surface area contributed by atoms with Crippen LogP contribution in [0.15, 0.2) is 19.5 Å². The summed E-state index contributed by atoms with van der Waals surface area (Å²) >= 11 is 0. The predicted octanol–water partition coefficient (Wildman–Crippen LogP) is 2.37. The number of nitrogens with one attached hydrogen (secondary N) is 1. The van der Waals surface area contributed by atoms with E-state index in [4.69, 9.17) is 5.73 Å². The predicted molar refractivity (Wildman–Crippen MR) is 79.5 cm³/mol. The van der Waals surface area contributed by atoms with Crippen LogP contribution in [0.1, 0.15) is 49.2 Å². The minimum Gasteiger partial charge on any atom is -0.368 e. The summed E-state index contributed by atoms with van der Waals surface area (Å²) in [5.74, 6) is 1.06. The fourth-order valence-corrected chi connectivity index (χ4v) is 1.89. The number of hydrogen-bond acceptors (Lipinski definition) is 5. The molecule has 0 saturated carbocycles. The van der Waals surface area contributed by atoms with Gasteiger partial charge in [-0.15, -0.1) is 13.2 Å². The Bertz CT molecular complexity index is 406. The Kier molecular flexibility index (Phi) is 8.37. The first-order chi connectivity index (χ1) is 9.24. The van der Waals surface area contributed by atoms with Gasteiger partial charge in [0, 0.05) is 25.1 Å². The molecule has 0 amide bonds. The van der Waals surface area contributed by atoms with E-state index in [-0.39, 0.29) is 11.7 Å². The van der Waals surface area contributed by atoms with Crippen LogP contribution in [-0.4, -0.2) is 28.8 Å². The molecule has 0 bridgehead atoms. The van der Waals surface area contributed by atoms with E-state index in [0.717, 1.165) is 11.4 Å². The molecule has 1 atom stereocenters. The van der Waals surface area contributed by atoms with E-state index in [1.54, 1.807) is 0 Å². The second kappa shape index (κ2) is 9.22. The van der Waals surface area contributed by atoms with Gasteiger partial charge in [0.1, 0.15) is 17.8 Å². The van der Waals surface area contributed by atoms with Crippen LogP contribution in [0.2, 0.25) is 0 Å². The number of carbonyl (C=O) groups excluding carboxylic acids is 1. The molecule has 5 heteroatoms. The van der Waals surface area contributed by atoms with Crippen molar-refractivity contribution < 1.29 is 4.79 Å². The first-order valence-corrected chi connectivity index (χ1v) is 6.56. The monoisotopic (exact) mass is 264 g/mol. The van der Waals surface area contributed by atoms with Gasteiger partial charge < -0.3 is 11.1 Å². The van der Waals surface area contributed by atoms with Crippen molar-refractivity contribution in [1.82, 2.24) is 9.97 Å². The summed E-state index contributed by atoms with van der Waals surface area (Å²) in [5, 5.41) is 3.12. The molecule has 0 unspecified atom stereocenters. The van der Waals surface area contributed by atoms with Crippen LogP contribution >= 0.6 is 0 Å². The molecule has 1 aliphatic carbocycles. The molecule has 0 fully saturated rings. The Morgan fingerprint density at radius 3 is 2.63 bits per heavy atom. The zero-order chi connectivity index (χ0) is 14.8. The van der Waals surface area contributed by atoms with E-state index in [9.17, 15) is 4.79 Å². The standard InChI is InChI=1S/C10H14N4O.C2H6.C2H4/c1-6-4-7(15)9-8(6)10(12-3-2-11)14-5-13-9;2*1-2/h5-6H,2-4,11H2,1H3,(H,12,13,14);1-2H3;1-2H2/t6-;;/m1../s1. The van der Waals surface area contributed by atoms with Crippen LogP contribution in [0.4, 0.5) is 5.82 Å². The van der Waals surface area contributed by atoms with Crippen molar-refractivity contribution in [2.75, 3.05) is 18.4 Å². The van der Waals surface area contributed by atoms with Gasteiger partial charge in [-0.3, -0.25) is 4.79 Å². The second-order valence-electron chi connectivity index (χ2n) is 3.73. The summed E-state index contributed by atoms with van der Waals surface area (Å²) < 4.78 is 0. The maximum atomic E-state index is 11.6. The van der Waals surface area contributed by atoms with Gasteiger partial charge >= 0.3 is 0 Å². The van der Waals surface area contributed by atoms with E-state index >= 15 is 0 Å². The van der Waals surface area contributed by atoms with E-state index in [1.165, 1.54) is 6.33 Å². The van der Waals surface area contributed by atoms with Crippen LogP contribution in [0.25, 0.3) is 0 Å². The van der Waals surface area contributed by atoms with Crippen LogP contribution in [0.5, 0.6) is 0 Å². The third-order valence-electron chi connectivity index (χ3n) is 2.57. The molecule has 0 aliphatic heterocycles. The van der Waals surface area contributed by atoms with E-state index in [0.29, 0.717) is 25.2 Å². The fraction of sp³-hybridized carbons (Fsp3) is 0.500. The first kappa shape index (κ1) is 17.2. The maximum absolute atomic E-state index is 11.6. The molecule has 106 valence electrons. The second-order valence-corrected chi connectivity index (χ2v) is 3.73. The highest BCUT2D eigenvalue weighted by atomic mass is 16.1. The normalized spacial score (nSPS) is 15.6. The number of hydrogen-bond donors (Lipinski definition) is 2. The van der Waals surface area contributed by atoms with Crippen molar-refractivity contribution in [2.24, 2.45) is 5.73 Å². The summed E-state index contributed by atoms with van der Waals surface area (Å²) in [6, 6.07) is 0. The summed E-state index contributed by atoms with van der Waals surface area (Å²) in [5.41, 5.74) is 6.92. The molecule has 1 aromatic heterocycles. The van der Waals surface area contributed by atoms with Gasteiger partial charge in [0.2, 0.25) is 0 Å². The Morgan fingerprint density at radius 2 is 2.05 bits per heavy atom. The third-order valence-corrected chi connectivity index (χ3v) is 2.57. The summed E-state index contributed by atoms with van der Waals surface area (Å²) in [6.07, 6.45) is 1.96. The molecular weight excluding hydrogens is 240 g/mol. The number of carbonyl (C=O) groups is 1. The average Bonchev–Trinajstić information content (AvgIpc) is 2.77. The lowest BCUT2D eigenvalue weighted by molar-refractivity contribution is 0.0986. The topological polar surface area (TPSA) is 80.9 Å². The van der Waals surface area contributed by atoms with Crippen molar-refractivity contribution in [3.8, 4) is 0 Å². The molecule has 3 N–H and O–H groups in total. The number of ketones is 1. The zero-order valence-electron chi connectivity index (χ0n) is 12.1. The lowest BCUT2D eigenvalue weighted by Crippen LogP contribution is -2.15. The van der Waals surface area contributed by atoms with Crippen molar-refractivity contribution >= 4 is 11.6 Å². The van der Waals surface area contributed by atoms with Crippen molar-refractivity contribution in [1.29, 1.82) is 0 Å². The highest BCUT2D eigenvalue weighted by Gasteiger charge is 2.30. The molecule has 5 nitrogen and oxygen atoms in total. The molecule has 0 saturated heterocycles. The largest absolute Gasteiger partial charge is 0.368 e. The quantitative estimate of drug-likeness (QED) is 0.819. The Hall–Kier alpha value is -1.75. The molecule has 2 rings (SSSR count). The lowest BCUT2D eigenvalue weighted by atomic mass is 10.1.